The van der Waals surface area contributed by atoms with Crippen LogP contribution in [0.1, 0.15) is 19.3 Å². The number of hydrogen-bond acceptors (Lipinski definition) is 4. The van der Waals surface area contributed by atoms with Crippen molar-refractivity contribution in [1.29, 1.82) is 0 Å². The van der Waals surface area contributed by atoms with E-state index in [1.54, 1.807) is 0 Å². The van der Waals surface area contributed by atoms with E-state index in [2.05, 4.69) is 0 Å². The van der Waals surface area contributed by atoms with Crippen LogP contribution in [0.2, 0.25) is 0 Å². The van der Waals surface area contributed by atoms with E-state index < -0.39 is 18.0 Å². The number of carboxylic acid groups (broad SMARTS) is 2. The molecule has 1 saturated heterocycles. The second-order valence-corrected chi connectivity index (χ2v) is 3.03. The van der Waals surface area contributed by atoms with Crippen molar-refractivity contribution in [1.82, 2.24) is 0 Å². The molecule has 1 fully saturated rings. The molecular formula is C7H10NO4-. The summed E-state index contributed by atoms with van der Waals surface area (Å²) in [6, 6.07) is -0.729. The lowest BCUT2D eigenvalue weighted by Crippen LogP contribution is -2.94. The summed E-state index contributed by atoms with van der Waals surface area (Å²) in [5, 5.41) is 22.0. The van der Waals surface area contributed by atoms with Crippen molar-refractivity contribution in [3.8, 4) is 0 Å². The molecule has 0 aromatic carbocycles. The molecule has 1 aliphatic heterocycles. The molecule has 68 valence electrons. The minimum atomic E-state index is -1.13. The summed E-state index contributed by atoms with van der Waals surface area (Å²) in [7, 11) is 0. The topological polar surface area (TPSA) is 96.9 Å². The average Bonchev–Trinajstić information content (AvgIpc) is 2.34. The molecule has 1 rings (SSSR count). The Balaban J connectivity index is 2.35. The molecule has 0 radical (unpaired) electrons. The van der Waals surface area contributed by atoms with Gasteiger partial charge in [-0.2, -0.15) is 0 Å². The SMILES string of the molecule is O=C([O-])C[C@H]1CC[C@H](C(=O)[O-])[NH2+]1. The summed E-state index contributed by atoms with van der Waals surface area (Å²) in [5.74, 6) is -2.24. The maximum Gasteiger partial charge on any atom is 0.126 e. The fraction of sp³-hybridized carbons (Fsp3) is 0.714. The third kappa shape index (κ3) is 2.20. The Kier molecular flexibility index (Phi) is 2.65. The first kappa shape index (κ1) is 8.99. The van der Waals surface area contributed by atoms with E-state index in [0.29, 0.717) is 12.8 Å². The van der Waals surface area contributed by atoms with Crippen LogP contribution in [-0.2, 0) is 9.59 Å². The van der Waals surface area contributed by atoms with Crippen LogP contribution in [0.5, 0.6) is 0 Å². The second kappa shape index (κ2) is 3.53. The fourth-order valence-corrected chi connectivity index (χ4v) is 1.50. The third-order valence-corrected chi connectivity index (χ3v) is 2.08. The normalized spacial score (nSPS) is 28.7. The van der Waals surface area contributed by atoms with Crippen molar-refractivity contribution >= 4 is 11.9 Å². The molecule has 0 aromatic heterocycles. The number of carbonyl (C=O) groups excluding carboxylic acids is 2. The largest absolute Gasteiger partial charge is 0.550 e. The first-order chi connectivity index (χ1) is 5.59. The molecule has 1 aliphatic rings. The zero-order valence-electron chi connectivity index (χ0n) is 6.49. The minimum absolute atomic E-state index is 0.0796. The van der Waals surface area contributed by atoms with Crippen molar-refractivity contribution in [3.63, 3.8) is 0 Å². The Hall–Kier alpha value is -1.10. The Morgan fingerprint density at radius 1 is 1.33 bits per heavy atom. The monoisotopic (exact) mass is 172 g/mol. The summed E-state index contributed by atoms with van der Waals surface area (Å²) < 4.78 is 0. The number of hydrogen-bond donors (Lipinski definition) is 1. The summed E-state index contributed by atoms with van der Waals surface area (Å²) >= 11 is 0. The number of nitrogens with two attached hydrogens (primary N) is 1. The Labute approximate surface area is 69.4 Å². The Morgan fingerprint density at radius 2 is 2.00 bits per heavy atom. The molecule has 0 spiro atoms. The Bertz CT molecular complexity index is 204. The minimum Gasteiger partial charge on any atom is -0.550 e. The van der Waals surface area contributed by atoms with Gasteiger partial charge in [0.2, 0.25) is 0 Å². The van der Waals surface area contributed by atoms with Gasteiger partial charge in [0.25, 0.3) is 0 Å². The van der Waals surface area contributed by atoms with Gasteiger partial charge in [-0.3, -0.25) is 0 Å². The first-order valence-electron chi connectivity index (χ1n) is 3.85. The van der Waals surface area contributed by atoms with Gasteiger partial charge in [0, 0.05) is 25.2 Å². The van der Waals surface area contributed by atoms with Gasteiger partial charge in [-0.15, -0.1) is 0 Å². The van der Waals surface area contributed by atoms with Gasteiger partial charge in [0.05, 0.1) is 12.0 Å². The predicted molar refractivity (Wildman–Crippen MR) is 33.4 cm³/mol. The van der Waals surface area contributed by atoms with Gasteiger partial charge in [0.15, 0.2) is 0 Å². The molecule has 0 saturated carbocycles. The molecule has 0 unspecified atom stereocenters. The van der Waals surface area contributed by atoms with Crippen LogP contribution in [0.15, 0.2) is 0 Å². The Morgan fingerprint density at radius 3 is 2.42 bits per heavy atom. The highest BCUT2D eigenvalue weighted by Crippen LogP contribution is 2.06. The van der Waals surface area contributed by atoms with Crippen LogP contribution in [-0.4, -0.2) is 24.0 Å². The fourth-order valence-electron chi connectivity index (χ4n) is 1.50. The molecule has 0 bridgehead atoms. The average molecular weight is 172 g/mol. The van der Waals surface area contributed by atoms with E-state index in [0.717, 1.165) is 0 Å². The number of quaternary nitrogens is 1. The summed E-state index contributed by atoms with van der Waals surface area (Å²) in [5.41, 5.74) is 0. The molecule has 12 heavy (non-hydrogen) atoms. The summed E-state index contributed by atoms with van der Waals surface area (Å²) in [6.45, 7) is 0. The number of rotatable bonds is 3. The lowest BCUT2D eigenvalue weighted by Gasteiger charge is -2.11. The molecule has 5 heteroatoms. The summed E-state index contributed by atoms with van der Waals surface area (Å²) in [4.78, 5) is 20.5. The number of carbonyl (C=O) groups is 2. The van der Waals surface area contributed by atoms with Crippen LogP contribution < -0.4 is 15.5 Å². The van der Waals surface area contributed by atoms with Crippen molar-refractivity contribution < 1.29 is 25.1 Å². The van der Waals surface area contributed by atoms with Crippen LogP contribution in [0, 0.1) is 0 Å². The second-order valence-electron chi connectivity index (χ2n) is 3.03. The van der Waals surface area contributed by atoms with Crippen molar-refractivity contribution in [2.45, 2.75) is 31.3 Å². The molecular weight excluding hydrogens is 162 g/mol. The zero-order valence-corrected chi connectivity index (χ0v) is 6.49. The van der Waals surface area contributed by atoms with Crippen molar-refractivity contribution in [3.05, 3.63) is 0 Å². The molecule has 0 amide bonds. The first-order valence-corrected chi connectivity index (χ1v) is 3.85. The highest BCUT2D eigenvalue weighted by Gasteiger charge is 2.28. The zero-order chi connectivity index (χ0) is 9.14. The van der Waals surface area contributed by atoms with Gasteiger partial charge in [0.1, 0.15) is 6.04 Å². The molecule has 1 heterocycles. The van der Waals surface area contributed by atoms with E-state index in [1.807, 2.05) is 0 Å². The molecule has 2 atom stereocenters. The van der Waals surface area contributed by atoms with Crippen LogP contribution in [0.3, 0.4) is 0 Å². The highest BCUT2D eigenvalue weighted by molar-refractivity contribution is 5.70. The van der Waals surface area contributed by atoms with Gasteiger partial charge >= 0.3 is 0 Å². The highest BCUT2D eigenvalue weighted by atomic mass is 16.4. The predicted octanol–water partition coefficient (Wildman–Crippen LogP) is -4.03. The van der Waals surface area contributed by atoms with E-state index >= 15 is 0 Å². The smallest absolute Gasteiger partial charge is 0.126 e. The lowest BCUT2D eigenvalue weighted by atomic mass is 10.1. The van der Waals surface area contributed by atoms with Gasteiger partial charge in [-0.05, 0) is 0 Å². The van der Waals surface area contributed by atoms with E-state index in [-0.39, 0.29) is 12.5 Å². The molecule has 0 aromatic rings. The van der Waals surface area contributed by atoms with E-state index in [4.69, 9.17) is 0 Å². The molecule has 5 nitrogen and oxygen atoms in total. The van der Waals surface area contributed by atoms with Crippen LogP contribution in [0.25, 0.3) is 0 Å². The van der Waals surface area contributed by atoms with Gasteiger partial charge in [-0.1, -0.05) is 0 Å². The standard InChI is InChI=1S/C7H11NO4/c9-6(10)3-4-1-2-5(8-4)7(11)12/h4-5,8H,1-3H2,(H,9,10)(H,11,12)/p-1/t4-,5-/m1/s1. The molecule has 0 aliphatic carbocycles. The summed E-state index contributed by atoms with van der Waals surface area (Å²) in [6.07, 6.45) is 1.01. The van der Waals surface area contributed by atoms with Crippen LogP contribution in [0.4, 0.5) is 0 Å². The molecule has 2 N–H and O–H groups in total. The quantitative estimate of drug-likeness (QED) is 0.468. The van der Waals surface area contributed by atoms with E-state index in [9.17, 15) is 19.8 Å². The van der Waals surface area contributed by atoms with Gasteiger partial charge in [-0.25, -0.2) is 0 Å². The van der Waals surface area contributed by atoms with Crippen LogP contribution >= 0.6 is 0 Å². The number of carboxylic acids is 2. The van der Waals surface area contributed by atoms with Gasteiger partial charge < -0.3 is 25.1 Å². The van der Waals surface area contributed by atoms with Crippen molar-refractivity contribution in [2.75, 3.05) is 0 Å². The number of aliphatic carboxylic acids is 2. The van der Waals surface area contributed by atoms with E-state index in [1.165, 1.54) is 5.32 Å². The maximum atomic E-state index is 10.3. The van der Waals surface area contributed by atoms with Crippen molar-refractivity contribution in [2.24, 2.45) is 0 Å². The third-order valence-electron chi connectivity index (χ3n) is 2.08. The lowest BCUT2D eigenvalue weighted by molar-refractivity contribution is -0.695. The maximum absolute atomic E-state index is 10.3.